The molecule has 3 saturated heterocycles. The minimum atomic E-state index is -2.65. The molecule has 4 unspecified atom stereocenters. The summed E-state index contributed by atoms with van der Waals surface area (Å²) >= 11 is 0. The number of nitrogens with zero attached hydrogens (tertiary/aromatic N) is 3. The number of unbranched alkanes of at least 4 members (excludes halogenated alkanes) is 5. The van der Waals surface area contributed by atoms with Gasteiger partial charge in [-0.25, -0.2) is 15.0 Å². The molecule has 1 aliphatic carbocycles. The van der Waals surface area contributed by atoms with Crippen molar-refractivity contribution in [1.82, 2.24) is 41.6 Å². The summed E-state index contributed by atoms with van der Waals surface area (Å²) in [5.41, 5.74) is 1.38. The van der Waals surface area contributed by atoms with Crippen LogP contribution in [-0.4, -0.2) is 261 Å². The van der Waals surface area contributed by atoms with E-state index in [4.69, 9.17) is 23.7 Å². The number of nitrogens with one attached hydrogen (secondary N) is 6. The van der Waals surface area contributed by atoms with Gasteiger partial charge in [0.1, 0.15) is 60.4 Å². The molecule has 0 radical (unpaired) electrons. The first-order valence-electron chi connectivity index (χ1n) is 35.8. The number of H-pyrrole nitrogens is 1. The van der Waals surface area contributed by atoms with E-state index in [0.717, 1.165) is 62.9 Å². The number of carbonyl (C=O) groups excluding carboxylic acids is 6. The molecule has 3 aromatic rings. The highest BCUT2D eigenvalue weighted by molar-refractivity contribution is 8.76. The first kappa shape index (κ1) is 78.3. The highest BCUT2D eigenvalue weighted by Gasteiger charge is 2.79. The van der Waals surface area contributed by atoms with E-state index in [2.05, 4.69) is 41.6 Å². The summed E-state index contributed by atoms with van der Waals surface area (Å²) in [4.78, 5) is 106. The Morgan fingerprint density at radius 2 is 1.58 bits per heavy atom. The molecule has 2 aromatic carbocycles. The lowest BCUT2D eigenvalue weighted by atomic mass is 9.47. The molecule has 1 saturated carbocycles. The Hall–Kier alpha value is -6.33. The number of piperidine rings is 1. The monoisotopic (exact) mass is 1470 g/mol. The van der Waals surface area contributed by atoms with Gasteiger partial charge in [0.25, 0.3) is 5.91 Å². The summed E-state index contributed by atoms with van der Waals surface area (Å²) in [6.45, 7) is 7.58. The number of aliphatic hydroxyl groups excluding tert-OH is 5. The Labute approximate surface area is 601 Å². The van der Waals surface area contributed by atoms with E-state index in [1.165, 1.54) is 14.2 Å². The van der Waals surface area contributed by atoms with Crippen LogP contribution in [0.3, 0.4) is 0 Å². The first-order chi connectivity index (χ1) is 48.9. The number of benzene rings is 2. The SMILES string of the molecule is CCCC(=O)N[C@@H](CNC(=O)CCCCCCCCO[C@@H]1OC(CO)C(O)[C@H](O)C1O)C(=O)N[C@H](CSSCCOC(=O)NNC(=O)[C@@]1(O)[C@H](O)[C@]2(CC)C=CCN3CC[C@@]4(c5cc([C@@]6(C(=O)OC)C[C@@H]7CN(CCc8c6[nH]c6ccccc86)C[C@](O)(CC)C7)c(OC)cc5N(C)[C@@H]14)[C@@H]32)C(=O)O. The van der Waals surface area contributed by atoms with Crippen LogP contribution in [-0.2, 0) is 65.0 Å². The van der Waals surface area contributed by atoms with Crippen LogP contribution in [0.1, 0.15) is 133 Å². The van der Waals surface area contributed by atoms with Crippen LogP contribution in [0.25, 0.3) is 10.9 Å². The van der Waals surface area contributed by atoms with Crippen molar-refractivity contribution in [3.63, 3.8) is 0 Å². The van der Waals surface area contributed by atoms with E-state index < -0.39 is 131 Å². The van der Waals surface area contributed by atoms with Gasteiger partial charge in [-0.3, -0.25) is 39.2 Å². The third kappa shape index (κ3) is 15.3. The number of anilines is 1. The number of para-hydroxylation sites is 1. The summed E-state index contributed by atoms with van der Waals surface area (Å²) in [6.07, 6.45) is 1.61. The van der Waals surface area contributed by atoms with Crippen molar-refractivity contribution >= 4 is 79.8 Å². The van der Waals surface area contributed by atoms with Gasteiger partial charge < -0.3 is 90.4 Å². The zero-order valence-corrected chi connectivity index (χ0v) is 60.6. The average molecular weight is 1470 g/mol. The molecule has 7 heterocycles. The van der Waals surface area contributed by atoms with Crippen molar-refractivity contribution in [3.8, 4) is 5.75 Å². The number of carboxylic acid groups (broad SMARTS) is 1. The number of methoxy groups -OCH3 is 2. The Morgan fingerprint density at radius 1 is 0.824 bits per heavy atom. The van der Waals surface area contributed by atoms with Crippen molar-refractivity contribution in [2.75, 3.05) is 96.8 Å². The number of rotatable bonds is 31. The number of ether oxygens (including phenoxy) is 5. The summed E-state index contributed by atoms with van der Waals surface area (Å²) in [5, 5.41) is 97.1. The third-order valence-electron chi connectivity index (χ3n) is 22.4. The molecule has 102 heavy (non-hydrogen) atoms. The van der Waals surface area contributed by atoms with Gasteiger partial charge in [0.15, 0.2) is 11.9 Å². The molecular weight excluding hydrogens is 1360 g/mol. The molecule has 10 rings (SSSR count). The van der Waals surface area contributed by atoms with Crippen LogP contribution >= 0.6 is 21.6 Å². The van der Waals surface area contributed by atoms with E-state index in [-0.39, 0.29) is 68.8 Å². The number of esters is 1. The maximum atomic E-state index is 15.6. The lowest BCUT2D eigenvalue weighted by Crippen LogP contribution is -2.82. The summed E-state index contributed by atoms with van der Waals surface area (Å²) in [5.74, 6) is -4.58. The zero-order valence-electron chi connectivity index (χ0n) is 59.0. The molecule has 14 N–H and O–H groups in total. The largest absolute Gasteiger partial charge is 0.496 e. The molecule has 5 amide bonds. The van der Waals surface area contributed by atoms with Crippen molar-refractivity contribution in [2.45, 2.75) is 200 Å². The number of hydrogen-bond acceptors (Lipinski definition) is 24. The van der Waals surface area contributed by atoms with Crippen molar-refractivity contribution in [1.29, 1.82) is 0 Å². The Balaban J connectivity index is 0.762. The van der Waals surface area contributed by atoms with Gasteiger partial charge in [-0.15, -0.1) is 0 Å². The predicted molar refractivity (Wildman–Crippen MR) is 378 cm³/mol. The number of carbonyl (C=O) groups is 7. The first-order valence-corrected chi connectivity index (χ1v) is 38.3. The van der Waals surface area contributed by atoms with Gasteiger partial charge in [0.05, 0.1) is 32.5 Å². The standard InChI is InChI=1S/C71H103N9O20S2/c1-7-19-53(83)73-47(36-72-52(82)22-14-12-10-11-13-17-29-98-60-56(86)55(85)54(84)51(38-81)100-60)58(87)75-48(59(88)89)39-102-101-31-30-99-66(93)77-76-64(91)71(95)62-69(25-28-80-26-18-24-68(9-3,61(69)80)63(71)90)44-32-45(50(96-5)33-49(44)78(62)4)70(65(92)97-6)35-41-34-67(94,8-2)40-79(37-41)27-23-43-42-20-15-16-21-46(42)74-57(43)70/h15-16,18,20-21,24,32-33,41,47-48,51,54-56,60-63,74,81,84-86,90,94-95H,7-14,17,19,22-23,25-31,34-40H2,1-6H3,(H,72,82)(H,73,83)(H,75,87)(H,76,91)(H,77,93)(H,88,89)/t41-,47+,48-,51?,54?,55+,56?,60-,61+,62-,63-,67+,68-,69-,70+,71+/m1/s1. The van der Waals surface area contributed by atoms with Crippen LogP contribution < -0.4 is 36.4 Å². The van der Waals surface area contributed by atoms with Gasteiger partial charge in [0.2, 0.25) is 17.7 Å². The minimum absolute atomic E-state index is 0.0806. The zero-order chi connectivity index (χ0) is 73.5. The van der Waals surface area contributed by atoms with E-state index in [9.17, 15) is 64.8 Å². The van der Waals surface area contributed by atoms with Gasteiger partial charge in [-0.05, 0) is 93.5 Å². The third-order valence-corrected chi connectivity index (χ3v) is 24.8. The number of hydrogen-bond donors (Lipinski definition) is 14. The second kappa shape index (κ2) is 33.4. The molecule has 4 fully saturated rings. The summed E-state index contributed by atoms with van der Waals surface area (Å²) in [6, 6.07) is 7.42. The highest BCUT2D eigenvalue weighted by Crippen LogP contribution is 2.68. The Bertz CT molecular complexity index is 3530. The Morgan fingerprint density at radius 3 is 2.29 bits per heavy atom. The average Bonchev–Trinajstić information content (AvgIpc) is 1.46. The second-order valence-electron chi connectivity index (χ2n) is 28.5. The summed E-state index contributed by atoms with van der Waals surface area (Å²) < 4.78 is 28.7. The number of aliphatic carboxylic acids is 1. The lowest BCUT2D eigenvalue weighted by molar-refractivity contribution is -0.301. The fraction of sp³-hybridized carbons (Fsp3) is 0.676. The van der Waals surface area contributed by atoms with E-state index in [0.29, 0.717) is 107 Å². The number of fused-ring (bicyclic) bond motifs is 6. The molecule has 2 bridgehead atoms. The lowest BCUT2D eigenvalue weighted by Gasteiger charge is -2.63. The fourth-order valence-electron chi connectivity index (χ4n) is 17.6. The van der Waals surface area contributed by atoms with Crippen LogP contribution in [0.5, 0.6) is 5.75 Å². The van der Waals surface area contributed by atoms with E-state index in [1.807, 2.05) is 67.3 Å². The van der Waals surface area contributed by atoms with Crippen molar-refractivity contribution < 1.29 is 98.1 Å². The Kier molecular flexibility index (Phi) is 25.6. The molecule has 31 heteroatoms. The molecule has 17 atom stereocenters. The van der Waals surface area contributed by atoms with Crippen molar-refractivity contribution in [3.05, 3.63) is 70.9 Å². The number of aliphatic hydroxyl groups is 7. The fourth-order valence-corrected chi connectivity index (χ4v) is 19.6. The minimum Gasteiger partial charge on any atom is -0.496 e. The molecular formula is C71H103N9O20S2. The van der Waals surface area contributed by atoms with Gasteiger partial charge in [0, 0.05) is 122 Å². The molecule has 564 valence electrons. The number of carboxylic acids is 1. The van der Waals surface area contributed by atoms with Gasteiger partial charge in [-0.1, -0.05) is 98.4 Å². The molecule has 7 aliphatic rings. The topological polar surface area (TPSA) is 413 Å². The quantitative estimate of drug-likeness (QED) is 0.0144. The number of likely N-dealkylation sites (N-methyl/N-ethyl adjacent to an activating group) is 1. The molecule has 6 aliphatic heterocycles. The molecule has 1 aromatic heterocycles. The van der Waals surface area contributed by atoms with Crippen LogP contribution in [0.4, 0.5) is 10.5 Å². The molecule has 29 nitrogen and oxygen atoms in total. The van der Waals surface area contributed by atoms with Gasteiger partial charge >= 0.3 is 18.0 Å². The second-order valence-corrected chi connectivity index (χ2v) is 31.1. The predicted octanol–water partition coefficient (Wildman–Crippen LogP) is 1.90. The molecule has 1 spiro atoms. The number of hydrazine groups is 1. The number of aromatic amines is 1. The maximum absolute atomic E-state index is 15.6. The van der Waals surface area contributed by atoms with Crippen LogP contribution in [0, 0.1) is 11.3 Å². The van der Waals surface area contributed by atoms with Crippen molar-refractivity contribution in [2.24, 2.45) is 11.3 Å². The normalized spacial score (nSPS) is 31.3. The van der Waals surface area contributed by atoms with Crippen LogP contribution in [0.15, 0.2) is 48.6 Å². The number of amides is 5. The smallest absolute Gasteiger partial charge is 0.426 e. The highest BCUT2D eigenvalue weighted by atomic mass is 33.1. The van der Waals surface area contributed by atoms with Crippen LogP contribution in [0.2, 0.25) is 0 Å². The van der Waals surface area contributed by atoms with E-state index >= 15 is 9.59 Å². The number of aromatic nitrogens is 1. The maximum Gasteiger partial charge on any atom is 0.426 e. The van der Waals surface area contributed by atoms with Gasteiger partial charge in [-0.2, -0.15) is 0 Å². The summed E-state index contributed by atoms with van der Waals surface area (Å²) in [7, 11) is 6.86. The van der Waals surface area contributed by atoms with E-state index in [1.54, 1.807) is 14.0 Å².